The summed E-state index contributed by atoms with van der Waals surface area (Å²) in [7, 11) is 0. The van der Waals surface area contributed by atoms with E-state index < -0.39 is 53.4 Å². The molecule has 2 atom stereocenters. The van der Waals surface area contributed by atoms with E-state index in [0.717, 1.165) is 12.1 Å². The SMILES string of the molecule is CCc1ccc(C(O)C(C)C(F)(F)C(F)(F)C(F)(F)C(F)(F)C(F)(F)C(F)(F)F)cc1. The lowest BCUT2D eigenvalue weighted by Crippen LogP contribution is -2.71. The van der Waals surface area contributed by atoms with Crippen LogP contribution >= 0.6 is 0 Å². The molecule has 31 heavy (non-hydrogen) atoms. The summed E-state index contributed by atoms with van der Waals surface area (Å²) in [5.74, 6) is -40.7. The summed E-state index contributed by atoms with van der Waals surface area (Å²) in [4.78, 5) is 0. The Labute approximate surface area is 166 Å². The van der Waals surface area contributed by atoms with Gasteiger partial charge in [0.25, 0.3) is 0 Å². The van der Waals surface area contributed by atoms with Crippen LogP contribution in [0.1, 0.15) is 31.1 Å². The Morgan fingerprint density at radius 2 is 1.06 bits per heavy atom. The van der Waals surface area contributed by atoms with E-state index in [0.29, 0.717) is 12.0 Å². The standard InChI is InChI=1S/C17H15F13O/c1-3-9-4-6-10(7-5-9)11(31)8(2)12(18,19)13(20,21)14(22,23)15(24,25)16(26,27)17(28,29)30/h4-8,11,31H,3H2,1-2H3. The van der Waals surface area contributed by atoms with Crippen molar-refractivity contribution in [2.75, 3.05) is 0 Å². The first kappa shape index (κ1) is 27.3. The number of alkyl halides is 13. The Kier molecular flexibility index (Phi) is 7.04. The lowest BCUT2D eigenvalue weighted by Gasteiger charge is -2.42. The fraction of sp³-hybridized carbons (Fsp3) is 0.647. The number of benzene rings is 1. The van der Waals surface area contributed by atoms with Crippen molar-refractivity contribution in [3.63, 3.8) is 0 Å². The van der Waals surface area contributed by atoms with Gasteiger partial charge in [-0.25, -0.2) is 0 Å². The van der Waals surface area contributed by atoms with Crippen molar-refractivity contribution in [1.29, 1.82) is 0 Å². The fourth-order valence-electron chi connectivity index (χ4n) is 2.51. The molecule has 0 amide bonds. The minimum absolute atomic E-state index is 0.0163. The average molecular weight is 482 g/mol. The summed E-state index contributed by atoms with van der Waals surface area (Å²) < 4.78 is 172. The molecule has 1 N–H and O–H groups in total. The predicted molar refractivity (Wildman–Crippen MR) is 80.7 cm³/mol. The van der Waals surface area contributed by atoms with Crippen LogP contribution in [-0.4, -0.2) is 40.9 Å². The third kappa shape index (κ3) is 4.07. The molecule has 0 aliphatic heterocycles. The zero-order valence-corrected chi connectivity index (χ0v) is 15.5. The number of hydrogen-bond donors (Lipinski definition) is 1. The molecule has 1 aromatic rings. The Morgan fingerprint density at radius 3 is 1.42 bits per heavy atom. The van der Waals surface area contributed by atoms with E-state index in [9.17, 15) is 62.2 Å². The minimum Gasteiger partial charge on any atom is -0.388 e. The van der Waals surface area contributed by atoms with Crippen LogP contribution in [0.15, 0.2) is 24.3 Å². The highest BCUT2D eigenvalue weighted by atomic mass is 19.4. The normalized spacial score (nSPS) is 16.9. The van der Waals surface area contributed by atoms with Crippen molar-refractivity contribution in [3.05, 3.63) is 35.4 Å². The van der Waals surface area contributed by atoms with E-state index >= 15 is 0 Å². The second-order valence-electron chi connectivity index (χ2n) is 6.75. The van der Waals surface area contributed by atoms with E-state index in [4.69, 9.17) is 0 Å². The quantitative estimate of drug-likeness (QED) is 0.411. The lowest BCUT2D eigenvalue weighted by molar-refractivity contribution is -0.444. The van der Waals surface area contributed by atoms with Gasteiger partial charge in [0.2, 0.25) is 0 Å². The van der Waals surface area contributed by atoms with Gasteiger partial charge in [-0.3, -0.25) is 0 Å². The molecule has 1 nitrogen and oxygen atoms in total. The summed E-state index contributed by atoms with van der Waals surface area (Å²) in [5, 5.41) is 9.84. The Morgan fingerprint density at radius 1 is 0.677 bits per heavy atom. The predicted octanol–water partition coefficient (Wildman–Crippen LogP) is 6.66. The molecule has 0 heterocycles. The summed E-state index contributed by atoms with van der Waals surface area (Å²) in [6.45, 7) is 1.67. The number of aliphatic hydroxyl groups excluding tert-OH is 1. The molecule has 1 aromatic carbocycles. The molecule has 0 fully saturated rings. The van der Waals surface area contributed by atoms with E-state index in [1.54, 1.807) is 6.92 Å². The van der Waals surface area contributed by atoms with Gasteiger partial charge >= 0.3 is 35.8 Å². The van der Waals surface area contributed by atoms with Crippen LogP contribution in [0.4, 0.5) is 57.1 Å². The van der Waals surface area contributed by atoms with Crippen molar-refractivity contribution >= 4 is 0 Å². The zero-order chi connectivity index (χ0) is 24.8. The molecule has 0 aromatic heterocycles. The van der Waals surface area contributed by atoms with Gasteiger partial charge in [-0.15, -0.1) is 0 Å². The van der Waals surface area contributed by atoms with Crippen LogP contribution < -0.4 is 0 Å². The highest BCUT2D eigenvalue weighted by Crippen LogP contribution is 2.61. The fourth-order valence-corrected chi connectivity index (χ4v) is 2.51. The largest absolute Gasteiger partial charge is 0.460 e. The third-order valence-electron chi connectivity index (χ3n) is 4.73. The van der Waals surface area contributed by atoms with Crippen LogP contribution in [-0.2, 0) is 6.42 Å². The first-order valence-corrected chi connectivity index (χ1v) is 8.34. The second kappa shape index (κ2) is 8.00. The highest BCUT2D eigenvalue weighted by molar-refractivity contribution is 5.25. The Balaban J connectivity index is 3.43. The van der Waals surface area contributed by atoms with Gasteiger partial charge in [-0.2, -0.15) is 57.1 Å². The monoisotopic (exact) mass is 482 g/mol. The van der Waals surface area contributed by atoms with Gasteiger partial charge in [0.05, 0.1) is 12.0 Å². The van der Waals surface area contributed by atoms with Crippen molar-refractivity contribution in [3.8, 4) is 0 Å². The van der Waals surface area contributed by atoms with E-state index in [-0.39, 0.29) is 6.92 Å². The van der Waals surface area contributed by atoms with Crippen molar-refractivity contribution in [1.82, 2.24) is 0 Å². The minimum atomic E-state index is -7.96. The topological polar surface area (TPSA) is 20.2 Å². The van der Waals surface area contributed by atoms with E-state index in [1.165, 1.54) is 12.1 Å². The molecule has 2 unspecified atom stereocenters. The maximum Gasteiger partial charge on any atom is 0.460 e. The van der Waals surface area contributed by atoms with Gasteiger partial charge in [-0.05, 0) is 17.5 Å². The number of halogens is 13. The van der Waals surface area contributed by atoms with Gasteiger partial charge in [0, 0.05) is 0 Å². The molecule has 0 spiro atoms. The molecule has 0 saturated heterocycles. The molecule has 14 heteroatoms. The summed E-state index contributed by atoms with van der Waals surface area (Å²) in [5.41, 5.74) is 0.0251. The number of aryl methyl sites for hydroxylation is 1. The van der Waals surface area contributed by atoms with Crippen LogP contribution in [0.25, 0.3) is 0 Å². The summed E-state index contributed by atoms with van der Waals surface area (Å²) in [6.07, 6.45) is -9.74. The smallest absolute Gasteiger partial charge is 0.388 e. The summed E-state index contributed by atoms with van der Waals surface area (Å²) >= 11 is 0. The molecule has 0 bridgehead atoms. The molecular formula is C17H15F13O. The van der Waals surface area contributed by atoms with Gasteiger partial charge in [-0.1, -0.05) is 38.1 Å². The number of hydrogen-bond acceptors (Lipinski definition) is 1. The second-order valence-corrected chi connectivity index (χ2v) is 6.75. The Bertz CT molecular complexity index is 752. The molecule has 0 aliphatic carbocycles. The third-order valence-corrected chi connectivity index (χ3v) is 4.73. The van der Waals surface area contributed by atoms with Gasteiger partial charge in [0.15, 0.2) is 0 Å². The first-order valence-electron chi connectivity index (χ1n) is 8.34. The number of aliphatic hydroxyl groups is 1. The summed E-state index contributed by atoms with van der Waals surface area (Å²) in [6, 6.07) is 4.32. The molecule has 0 radical (unpaired) electrons. The van der Waals surface area contributed by atoms with Crippen molar-refractivity contribution in [2.45, 2.75) is 62.2 Å². The average Bonchev–Trinajstić information content (AvgIpc) is 2.65. The van der Waals surface area contributed by atoms with Gasteiger partial charge < -0.3 is 5.11 Å². The van der Waals surface area contributed by atoms with Crippen LogP contribution in [0.5, 0.6) is 0 Å². The van der Waals surface area contributed by atoms with Crippen LogP contribution in [0.2, 0.25) is 0 Å². The van der Waals surface area contributed by atoms with E-state index in [1.807, 2.05) is 0 Å². The molecular weight excluding hydrogens is 467 g/mol. The number of rotatable bonds is 8. The van der Waals surface area contributed by atoms with Gasteiger partial charge in [0.1, 0.15) is 0 Å². The maximum atomic E-state index is 14.1. The molecule has 0 aliphatic rings. The van der Waals surface area contributed by atoms with E-state index in [2.05, 4.69) is 0 Å². The van der Waals surface area contributed by atoms with Crippen LogP contribution in [0, 0.1) is 5.92 Å². The lowest BCUT2D eigenvalue weighted by atomic mass is 9.83. The molecule has 180 valence electrons. The highest BCUT2D eigenvalue weighted by Gasteiger charge is 2.91. The first-order chi connectivity index (χ1) is 13.6. The van der Waals surface area contributed by atoms with Crippen molar-refractivity contribution in [2.24, 2.45) is 5.92 Å². The Hall–Kier alpha value is -1.73. The van der Waals surface area contributed by atoms with Crippen LogP contribution in [0.3, 0.4) is 0 Å². The maximum absolute atomic E-state index is 14.1. The molecule has 0 saturated carbocycles. The van der Waals surface area contributed by atoms with Crippen molar-refractivity contribution < 1.29 is 62.2 Å². The molecule has 1 rings (SSSR count). The zero-order valence-electron chi connectivity index (χ0n) is 15.5.